The Balaban J connectivity index is 2.07. The van der Waals surface area contributed by atoms with E-state index >= 15 is 0 Å². The molecule has 0 aromatic rings. The average Bonchev–Trinajstić information content (AvgIpc) is 2.30. The maximum atomic E-state index is 12.1. The molecule has 0 saturated carbocycles. The molecule has 0 radical (unpaired) electrons. The van der Waals surface area contributed by atoms with Crippen LogP contribution in [0.15, 0.2) is 47.8 Å². The molecule has 0 aromatic carbocycles. The van der Waals surface area contributed by atoms with Crippen LogP contribution < -0.4 is 0 Å². The summed E-state index contributed by atoms with van der Waals surface area (Å²) in [4.78, 5) is 0. The van der Waals surface area contributed by atoms with Crippen molar-refractivity contribution in [1.82, 2.24) is 0 Å². The zero-order valence-electron chi connectivity index (χ0n) is 8.10. The van der Waals surface area contributed by atoms with Gasteiger partial charge in [0.2, 0.25) is 0 Å². The smallest absolute Gasteiger partial charge is 0.0839 e. The van der Waals surface area contributed by atoms with Crippen LogP contribution >= 0.6 is 7.80 Å². The van der Waals surface area contributed by atoms with Crippen LogP contribution in [0.1, 0.15) is 19.3 Å². The summed E-state index contributed by atoms with van der Waals surface area (Å²) in [6.45, 7) is 0. The van der Waals surface area contributed by atoms with Gasteiger partial charge in [0, 0.05) is 12.8 Å². The van der Waals surface area contributed by atoms with Gasteiger partial charge in [-0.15, -0.1) is 0 Å². The lowest BCUT2D eigenvalue weighted by molar-refractivity contribution is 0.585. The molecule has 0 aliphatic heterocycles. The number of hydrogen-bond acceptors (Lipinski definition) is 1. The van der Waals surface area contributed by atoms with E-state index in [0.29, 0.717) is 0 Å². The van der Waals surface area contributed by atoms with Crippen LogP contribution in [0.5, 0.6) is 0 Å². The van der Waals surface area contributed by atoms with Gasteiger partial charge < -0.3 is 0 Å². The van der Waals surface area contributed by atoms with Crippen molar-refractivity contribution in [1.29, 1.82) is 0 Å². The van der Waals surface area contributed by atoms with Crippen LogP contribution in [0.2, 0.25) is 0 Å². The van der Waals surface area contributed by atoms with Crippen LogP contribution in [-0.2, 0) is 4.57 Å². The molecule has 2 rings (SSSR count). The molecule has 0 amide bonds. The predicted octanol–water partition coefficient (Wildman–Crippen LogP) is 3.93. The maximum absolute atomic E-state index is 12.1. The van der Waals surface area contributed by atoms with E-state index in [0.717, 1.165) is 24.6 Å². The normalized spacial score (nSPS) is 26.1. The highest BCUT2D eigenvalue weighted by atomic mass is 31.1. The third-order valence-corrected chi connectivity index (χ3v) is 4.46. The molecule has 2 heteroatoms. The standard InChI is InChI=1S/C12H14OP/c13-14(11-7-3-1-4-8-11)12-9-5-2-6-10-12/h1-5,7,9,11H,6,8,10H2/q+1. The Morgan fingerprint density at radius 3 is 2.79 bits per heavy atom. The maximum Gasteiger partial charge on any atom is 0.380 e. The molecule has 0 bridgehead atoms. The molecule has 0 saturated heterocycles. The van der Waals surface area contributed by atoms with Crippen molar-refractivity contribution >= 4 is 7.80 Å². The summed E-state index contributed by atoms with van der Waals surface area (Å²) in [7, 11) is -1.20. The van der Waals surface area contributed by atoms with Crippen molar-refractivity contribution in [3.05, 3.63) is 47.8 Å². The molecule has 14 heavy (non-hydrogen) atoms. The summed E-state index contributed by atoms with van der Waals surface area (Å²) < 4.78 is 12.1. The number of allylic oxidation sites excluding steroid dienone is 8. The second-order valence-electron chi connectivity index (χ2n) is 3.57. The van der Waals surface area contributed by atoms with Gasteiger partial charge >= 0.3 is 7.80 Å². The van der Waals surface area contributed by atoms with Crippen molar-refractivity contribution in [3.63, 3.8) is 0 Å². The highest BCUT2D eigenvalue weighted by Crippen LogP contribution is 2.44. The molecule has 2 aliphatic carbocycles. The molecular formula is C12H14OP+. The van der Waals surface area contributed by atoms with E-state index in [9.17, 15) is 4.57 Å². The largest absolute Gasteiger partial charge is 0.380 e. The van der Waals surface area contributed by atoms with Crippen LogP contribution in [0, 0.1) is 0 Å². The summed E-state index contributed by atoms with van der Waals surface area (Å²) in [6, 6.07) is 0. The molecule has 0 spiro atoms. The van der Waals surface area contributed by atoms with E-state index < -0.39 is 7.80 Å². The van der Waals surface area contributed by atoms with Crippen molar-refractivity contribution in [2.45, 2.75) is 24.9 Å². The molecule has 2 unspecified atom stereocenters. The van der Waals surface area contributed by atoms with Crippen molar-refractivity contribution in [2.75, 3.05) is 0 Å². The fraction of sp³-hybridized carbons (Fsp3) is 0.333. The fourth-order valence-electron chi connectivity index (χ4n) is 1.73. The van der Waals surface area contributed by atoms with Gasteiger partial charge in [0.15, 0.2) is 11.0 Å². The van der Waals surface area contributed by atoms with Crippen molar-refractivity contribution < 1.29 is 4.57 Å². The Kier molecular flexibility index (Phi) is 3.10. The first-order valence-corrected chi connectivity index (χ1v) is 6.36. The summed E-state index contributed by atoms with van der Waals surface area (Å²) in [5, 5.41) is 1.13. The van der Waals surface area contributed by atoms with Gasteiger partial charge in [0.25, 0.3) is 0 Å². The third kappa shape index (κ3) is 2.10. The van der Waals surface area contributed by atoms with Crippen LogP contribution in [0.3, 0.4) is 0 Å². The zero-order chi connectivity index (χ0) is 9.80. The van der Waals surface area contributed by atoms with Crippen LogP contribution in [-0.4, -0.2) is 5.66 Å². The topological polar surface area (TPSA) is 17.1 Å². The Morgan fingerprint density at radius 2 is 2.14 bits per heavy atom. The Bertz CT molecular complexity index is 347. The lowest BCUT2D eigenvalue weighted by Crippen LogP contribution is -2.00. The highest BCUT2D eigenvalue weighted by molar-refractivity contribution is 7.50. The molecule has 2 aliphatic rings. The van der Waals surface area contributed by atoms with Gasteiger partial charge in [0.05, 0.1) is 0 Å². The minimum atomic E-state index is -1.20. The zero-order valence-corrected chi connectivity index (χ0v) is 8.99. The summed E-state index contributed by atoms with van der Waals surface area (Å²) >= 11 is 0. The van der Waals surface area contributed by atoms with E-state index in [2.05, 4.69) is 18.2 Å². The van der Waals surface area contributed by atoms with Crippen LogP contribution in [0.25, 0.3) is 0 Å². The quantitative estimate of drug-likeness (QED) is 0.624. The second kappa shape index (κ2) is 4.52. The molecule has 72 valence electrons. The first-order chi connectivity index (χ1) is 6.88. The molecule has 0 heterocycles. The van der Waals surface area contributed by atoms with Crippen LogP contribution in [0.4, 0.5) is 0 Å². The SMILES string of the molecule is O=[P+](C1=CC=CCC1)C1C=CC=CC1. The van der Waals surface area contributed by atoms with Gasteiger partial charge in [-0.2, -0.15) is 0 Å². The lowest BCUT2D eigenvalue weighted by atomic mass is 10.2. The van der Waals surface area contributed by atoms with E-state index in [1.807, 2.05) is 24.3 Å². The van der Waals surface area contributed by atoms with E-state index in [1.165, 1.54) is 0 Å². The molecular weight excluding hydrogens is 191 g/mol. The van der Waals surface area contributed by atoms with E-state index in [1.54, 1.807) is 0 Å². The third-order valence-electron chi connectivity index (χ3n) is 2.53. The fourth-order valence-corrected chi connectivity index (χ4v) is 3.31. The van der Waals surface area contributed by atoms with E-state index in [-0.39, 0.29) is 5.66 Å². The number of hydrogen-bond donors (Lipinski definition) is 0. The van der Waals surface area contributed by atoms with Crippen molar-refractivity contribution in [2.24, 2.45) is 0 Å². The molecule has 0 N–H and O–H groups in total. The average molecular weight is 205 g/mol. The van der Waals surface area contributed by atoms with Gasteiger partial charge in [-0.05, 0) is 18.6 Å². The van der Waals surface area contributed by atoms with E-state index in [4.69, 9.17) is 0 Å². The molecule has 0 aromatic heterocycles. The predicted molar refractivity (Wildman–Crippen MR) is 60.7 cm³/mol. The van der Waals surface area contributed by atoms with Gasteiger partial charge in [0.1, 0.15) is 0 Å². The lowest BCUT2D eigenvalue weighted by Gasteiger charge is -2.05. The summed E-state index contributed by atoms with van der Waals surface area (Å²) in [5.74, 6) is 0. The molecule has 1 nitrogen and oxygen atoms in total. The van der Waals surface area contributed by atoms with Gasteiger partial charge in [-0.3, -0.25) is 0 Å². The van der Waals surface area contributed by atoms with Gasteiger partial charge in [-0.25, -0.2) is 0 Å². The Labute approximate surface area is 85.7 Å². The Morgan fingerprint density at radius 1 is 1.21 bits per heavy atom. The second-order valence-corrected chi connectivity index (χ2v) is 5.46. The van der Waals surface area contributed by atoms with Gasteiger partial charge in [-0.1, -0.05) is 34.9 Å². The summed E-state index contributed by atoms with van der Waals surface area (Å²) in [6.07, 6.45) is 17.3. The number of rotatable bonds is 2. The summed E-state index contributed by atoms with van der Waals surface area (Å²) in [5.41, 5.74) is 0.229. The monoisotopic (exact) mass is 205 g/mol. The minimum absolute atomic E-state index is 0.229. The first kappa shape index (κ1) is 9.61. The highest BCUT2D eigenvalue weighted by Gasteiger charge is 2.32. The Hall–Kier alpha value is -0.940. The first-order valence-electron chi connectivity index (χ1n) is 5.03. The van der Waals surface area contributed by atoms with Crippen molar-refractivity contribution in [3.8, 4) is 0 Å². The molecule has 2 atom stereocenters. The molecule has 0 fully saturated rings. The minimum Gasteiger partial charge on any atom is -0.0839 e.